The van der Waals surface area contributed by atoms with Crippen LogP contribution in [0.5, 0.6) is 5.75 Å². The summed E-state index contributed by atoms with van der Waals surface area (Å²) in [4.78, 5) is 24.8. The number of carbonyl (C=O) groups excluding carboxylic acids is 1. The molecule has 1 aromatic carbocycles. The molecule has 0 aliphatic heterocycles. The van der Waals surface area contributed by atoms with Gasteiger partial charge in [0.1, 0.15) is 12.3 Å². The molecule has 0 fully saturated rings. The molecule has 0 saturated heterocycles. The SMILES string of the molecule is CC(C)Oc1ccc(C(=O)N(CC(=O)O)C(C)(C)C)cc1. The number of nitrogens with zero attached hydrogens (tertiary/aromatic N) is 1. The van der Waals surface area contributed by atoms with Crippen molar-refractivity contribution in [2.24, 2.45) is 0 Å². The molecular formula is C16H23NO4. The van der Waals surface area contributed by atoms with E-state index >= 15 is 0 Å². The molecule has 116 valence electrons. The Labute approximate surface area is 125 Å². The first-order valence-corrected chi connectivity index (χ1v) is 6.91. The second-order valence-electron chi connectivity index (χ2n) is 6.15. The molecule has 0 heterocycles. The van der Waals surface area contributed by atoms with Crippen molar-refractivity contribution >= 4 is 11.9 Å². The first kappa shape index (κ1) is 17.0. The number of amides is 1. The minimum Gasteiger partial charge on any atom is -0.491 e. The highest BCUT2D eigenvalue weighted by atomic mass is 16.5. The highest BCUT2D eigenvalue weighted by Crippen LogP contribution is 2.19. The molecular weight excluding hydrogens is 270 g/mol. The Balaban J connectivity index is 2.96. The van der Waals surface area contributed by atoms with E-state index in [4.69, 9.17) is 9.84 Å². The van der Waals surface area contributed by atoms with E-state index in [-0.39, 0.29) is 18.6 Å². The molecule has 0 bridgehead atoms. The zero-order chi connectivity index (χ0) is 16.2. The average molecular weight is 293 g/mol. The third-order valence-electron chi connectivity index (χ3n) is 2.82. The van der Waals surface area contributed by atoms with Crippen molar-refractivity contribution in [1.82, 2.24) is 4.90 Å². The number of hydrogen-bond acceptors (Lipinski definition) is 3. The van der Waals surface area contributed by atoms with Crippen molar-refractivity contribution in [3.8, 4) is 5.75 Å². The van der Waals surface area contributed by atoms with Crippen LogP contribution >= 0.6 is 0 Å². The Morgan fingerprint density at radius 3 is 2.10 bits per heavy atom. The van der Waals surface area contributed by atoms with E-state index in [0.717, 1.165) is 0 Å². The van der Waals surface area contributed by atoms with Crippen molar-refractivity contribution in [3.05, 3.63) is 29.8 Å². The van der Waals surface area contributed by atoms with Crippen molar-refractivity contribution < 1.29 is 19.4 Å². The molecule has 21 heavy (non-hydrogen) atoms. The number of ether oxygens (including phenoxy) is 1. The first-order chi connectivity index (χ1) is 9.61. The van der Waals surface area contributed by atoms with E-state index in [9.17, 15) is 9.59 Å². The molecule has 0 unspecified atom stereocenters. The normalized spacial score (nSPS) is 11.3. The van der Waals surface area contributed by atoms with E-state index in [1.807, 2.05) is 34.6 Å². The van der Waals surface area contributed by atoms with Crippen LogP contribution in [0.25, 0.3) is 0 Å². The molecule has 0 atom stereocenters. The van der Waals surface area contributed by atoms with Crippen LogP contribution in [0.4, 0.5) is 0 Å². The van der Waals surface area contributed by atoms with Crippen LogP contribution in [0.1, 0.15) is 45.0 Å². The smallest absolute Gasteiger partial charge is 0.323 e. The van der Waals surface area contributed by atoms with Crippen molar-refractivity contribution in [3.63, 3.8) is 0 Å². The van der Waals surface area contributed by atoms with Gasteiger partial charge in [-0.3, -0.25) is 9.59 Å². The van der Waals surface area contributed by atoms with Gasteiger partial charge in [0.15, 0.2) is 0 Å². The molecule has 1 N–H and O–H groups in total. The lowest BCUT2D eigenvalue weighted by atomic mass is 10.0. The van der Waals surface area contributed by atoms with Gasteiger partial charge < -0.3 is 14.7 Å². The second-order valence-corrected chi connectivity index (χ2v) is 6.15. The summed E-state index contributed by atoms with van der Waals surface area (Å²) in [6, 6.07) is 6.74. The Hall–Kier alpha value is -2.04. The lowest BCUT2D eigenvalue weighted by molar-refractivity contribution is -0.138. The van der Waals surface area contributed by atoms with Crippen LogP contribution in [0.3, 0.4) is 0 Å². The Morgan fingerprint density at radius 1 is 1.19 bits per heavy atom. The molecule has 0 aliphatic carbocycles. The third-order valence-corrected chi connectivity index (χ3v) is 2.82. The summed E-state index contributed by atoms with van der Waals surface area (Å²) in [6.07, 6.45) is 0.0598. The summed E-state index contributed by atoms with van der Waals surface area (Å²) in [6.45, 7) is 8.95. The topological polar surface area (TPSA) is 66.8 Å². The van der Waals surface area contributed by atoms with E-state index in [2.05, 4.69) is 0 Å². The largest absolute Gasteiger partial charge is 0.491 e. The number of rotatable bonds is 5. The van der Waals surface area contributed by atoms with Crippen LogP contribution in [0.2, 0.25) is 0 Å². The number of carbonyl (C=O) groups is 2. The summed E-state index contributed by atoms with van der Waals surface area (Å²) in [7, 11) is 0. The molecule has 0 radical (unpaired) electrons. The molecule has 1 aromatic rings. The number of carboxylic acid groups (broad SMARTS) is 1. The number of benzene rings is 1. The Kier molecular flexibility index (Phi) is 5.35. The molecule has 5 nitrogen and oxygen atoms in total. The van der Waals surface area contributed by atoms with Crippen molar-refractivity contribution in [2.45, 2.75) is 46.3 Å². The van der Waals surface area contributed by atoms with Gasteiger partial charge >= 0.3 is 5.97 Å². The van der Waals surface area contributed by atoms with Gasteiger partial charge in [0.2, 0.25) is 0 Å². The Morgan fingerprint density at radius 2 is 1.71 bits per heavy atom. The predicted molar refractivity (Wildman–Crippen MR) is 80.6 cm³/mol. The standard InChI is InChI=1S/C16H23NO4/c1-11(2)21-13-8-6-12(7-9-13)15(20)17(10-14(18)19)16(3,4)5/h6-9,11H,10H2,1-5H3,(H,18,19). The van der Waals surface area contributed by atoms with E-state index < -0.39 is 11.5 Å². The summed E-state index contributed by atoms with van der Waals surface area (Å²) in [5.41, 5.74) is -0.120. The summed E-state index contributed by atoms with van der Waals surface area (Å²) >= 11 is 0. The minimum atomic E-state index is -1.03. The summed E-state index contributed by atoms with van der Waals surface area (Å²) in [5, 5.41) is 8.97. The minimum absolute atomic E-state index is 0.0598. The van der Waals surface area contributed by atoms with Gasteiger partial charge in [-0.1, -0.05) is 0 Å². The fraction of sp³-hybridized carbons (Fsp3) is 0.500. The maximum atomic E-state index is 12.5. The van der Waals surface area contributed by atoms with Gasteiger partial charge in [-0.05, 0) is 58.9 Å². The van der Waals surface area contributed by atoms with Crippen molar-refractivity contribution in [2.75, 3.05) is 6.54 Å². The fourth-order valence-corrected chi connectivity index (χ4v) is 1.85. The average Bonchev–Trinajstić information content (AvgIpc) is 2.34. The van der Waals surface area contributed by atoms with Gasteiger partial charge in [-0.25, -0.2) is 0 Å². The molecule has 1 amide bonds. The second kappa shape index (κ2) is 6.61. The van der Waals surface area contributed by atoms with Gasteiger partial charge in [-0.2, -0.15) is 0 Å². The molecule has 1 rings (SSSR count). The summed E-state index contributed by atoms with van der Waals surface area (Å²) in [5.74, 6) is -0.652. The fourth-order valence-electron chi connectivity index (χ4n) is 1.85. The zero-order valence-electron chi connectivity index (χ0n) is 13.2. The van der Waals surface area contributed by atoms with Gasteiger partial charge in [0.05, 0.1) is 6.10 Å². The monoisotopic (exact) mass is 293 g/mol. The van der Waals surface area contributed by atoms with E-state index in [0.29, 0.717) is 11.3 Å². The van der Waals surface area contributed by atoms with Crippen LogP contribution in [-0.2, 0) is 4.79 Å². The quantitative estimate of drug-likeness (QED) is 0.906. The third kappa shape index (κ3) is 5.10. The highest BCUT2D eigenvalue weighted by Gasteiger charge is 2.29. The van der Waals surface area contributed by atoms with Gasteiger partial charge in [-0.15, -0.1) is 0 Å². The van der Waals surface area contributed by atoms with Gasteiger partial charge in [0, 0.05) is 11.1 Å². The lowest BCUT2D eigenvalue weighted by Crippen LogP contribution is -2.48. The molecule has 0 spiro atoms. The van der Waals surface area contributed by atoms with Crippen molar-refractivity contribution in [1.29, 1.82) is 0 Å². The van der Waals surface area contributed by atoms with Gasteiger partial charge in [0.25, 0.3) is 5.91 Å². The van der Waals surface area contributed by atoms with E-state index in [1.165, 1.54) is 4.90 Å². The molecule has 0 saturated carbocycles. The van der Waals surface area contributed by atoms with Crippen LogP contribution in [0.15, 0.2) is 24.3 Å². The van der Waals surface area contributed by atoms with Crippen LogP contribution in [-0.4, -0.2) is 40.1 Å². The predicted octanol–water partition coefficient (Wildman–Crippen LogP) is 2.80. The summed E-state index contributed by atoms with van der Waals surface area (Å²) < 4.78 is 5.52. The molecule has 0 aromatic heterocycles. The molecule has 5 heteroatoms. The Bertz CT molecular complexity index is 500. The molecule has 0 aliphatic rings. The van der Waals surface area contributed by atoms with E-state index in [1.54, 1.807) is 24.3 Å². The maximum absolute atomic E-state index is 12.5. The highest BCUT2D eigenvalue weighted by molar-refractivity contribution is 5.96. The maximum Gasteiger partial charge on any atom is 0.323 e. The zero-order valence-corrected chi connectivity index (χ0v) is 13.2. The number of carboxylic acids is 1. The number of hydrogen-bond donors (Lipinski definition) is 1. The lowest BCUT2D eigenvalue weighted by Gasteiger charge is -2.34. The van der Waals surface area contributed by atoms with Crippen LogP contribution < -0.4 is 4.74 Å². The number of aliphatic carboxylic acids is 1. The first-order valence-electron chi connectivity index (χ1n) is 6.91. The van der Waals surface area contributed by atoms with Crippen LogP contribution in [0, 0.1) is 0 Å².